The third-order valence-electron chi connectivity index (χ3n) is 3.40. The molecular weight excluding hydrogens is 220 g/mol. The molecule has 0 bridgehead atoms. The Kier molecular flexibility index (Phi) is 6.56. The van der Waals surface area contributed by atoms with Crippen LogP contribution < -0.4 is 4.74 Å². The Balaban J connectivity index is 2.98. The Morgan fingerprint density at radius 3 is 2.56 bits per heavy atom. The number of allylic oxidation sites excluding steroid dienone is 2. The number of benzene rings is 1. The molecule has 0 aromatic heterocycles. The van der Waals surface area contributed by atoms with E-state index in [0.717, 1.165) is 25.2 Å². The van der Waals surface area contributed by atoms with Crippen LogP contribution in [0, 0.1) is 0 Å². The monoisotopic (exact) mass is 246 g/mol. The predicted molar refractivity (Wildman–Crippen MR) is 79.5 cm³/mol. The molecule has 0 N–H and O–H groups in total. The first-order chi connectivity index (χ1) is 8.76. The van der Waals surface area contributed by atoms with Crippen molar-refractivity contribution in [3.8, 4) is 5.75 Å². The standard InChI is InChI=1S/C17H26O/c1-5-9-10-14(6-2)17-12-11-16(18-8-4)13-15(17)7-3/h5,9,11-14H,6-8,10H2,1-4H3/b9-5-. The van der Waals surface area contributed by atoms with E-state index in [4.69, 9.17) is 4.74 Å². The fraction of sp³-hybridized carbons (Fsp3) is 0.529. The molecule has 1 atom stereocenters. The summed E-state index contributed by atoms with van der Waals surface area (Å²) in [5.41, 5.74) is 2.92. The zero-order chi connectivity index (χ0) is 13.4. The van der Waals surface area contributed by atoms with Gasteiger partial charge in [0.2, 0.25) is 0 Å². The summed E-state index contributed by atoms with van der Waals surface area (Å²) in [6.07, 6.45) is 7.80. The van der Waals surface area contributed by atoms with E-state index in [1.165, 1.54) is 17.5 Å². The maximum Gasteiger partial charge on any atom is 0.119 e. The molecule has 0 saturated carbocycles. The molecule has 18 heavy (non-hydrogen) atoms. The maximum absolute atomic E-state index is 5.58. The molecular formula is C17H26O. The van der Waals surface area contributed by atoms with Gasteiger partial charge in [0, 0.05) is 0 Å². The largest absolute Gasteiger partial charge is 0.494 e. The van der Waals surface area contributed by atoms with Crippen molar-refractivity contribution in [3.05, 3.63) is 41.5 Å². The van der Waals surface area contributed by atoms with Gasteiger partial charge in [0.1, 0.15) is 5.75 Å². The minimum Gasteiger partial charge on any atom is -0.494 e. The minimum atomic E-state index is 0.631. The topological polar surface area (TPSA) is 9.23 Å². The van der Waals surface area contributed by atoms with Crippen molar-refractivity contribution in [2.75, 3.05) is 6.61 Å². The Hall–Kier alpha value is -1.24. The molecule has 0 saturated heterocycles. The van der Waals surface area contributed by atoms with Gasteiger partial charge in [0.25, 0.3) is 0 Å². The van der Waals surface area contributed by atoms with Crippen LogP contribution in [0.1, 0.15) is 57.6 Å². The predicted octanol–water partition coefficient (Wildman–Crippen LogP) is 5.11. The second kappa shape index (κ2) is 7.97. The molecule has 0 radical (unpaired) electrons. The van der Waals surface area contributed by atoms with Crippen molar-refractivity contribution < 1.29 is 4.74 Å². The van der Waals surface area contributed by atoms with Crippen LogP contribution >= 0.6 is 0 Å². The first-order valence-electron chi connectivity index (χ1n) is 7.13. The van der Waals surface area contributed by atoms with E-state index in [1.54, 1.807) is 0 Å². The number of aryl methyl sites for hydroxylation is 1. The Morgan fingerprint density at radius 2 is 2.00 bits per heavy atom. The van der Waals surface area contributed by atoms with Crippen molar-refractivity contribution in [3.63, 3.8) is 0 Å². The summed E-state index contributed by atoms with van der Waals surface area (Å²) in [7, 11) is 0. The summed E-state index contributed by atoms with van der Waals surface area (Å²) in [6.45, 7) is 9.34. The van der Waals surface area contributed by atoms with Gasteiger partial charge in [-0.15, -0.1) is 0 Å². The Morgan fingerprint density at radius 1 is 1.22 bits per heavy atom. The molecule has 0 aliphatic heterocycles. The van der Waals surface area contributed by atoms with Crippen molar-refractivity contribution >= 4 is 0 Å². The van der Waals surface area contributed by atoms with E-state index in [9.17, 15) is 0 Å². The van der Waals surface area contributed by atoms with Crippen LogP contribution in [-0.4, -0.2) is 6.61 Å². The van der Waals surface area contributed by atoms with E-state index >= 15 is 0 Å². The lowest BCUT2D eigenvalue weighted by Crippen LogP contribution is -2.02. The summed E-state index contributed by atoms with van der Waals surface area (Å²) in [5.74, 6) is 1.63. The van der Waals surface area contributed by atoms with Gasteiger partial charge >= 0.3 is 0 Å². The van der Waals surface area contributed by atoms with E-state index in [1.807, 2.05) is 6.92 Å². The van der Waals surface area contributed by atoms with Crippen LogP contribution in [0.2, 0.25) is 0 Å². The van der Waals surface area contributed by atoms with Gasteiger partial charge in [0.05, 0.1) is 6.61 Å². The molecule has 0 fully saturated rings. The summed E-state index contributed by atoms with van der Waals surface area (Å²) < 4.78 is 5.58. The zero-order valence-corrected chi connectivity index (χ0v) is 12.2. The van der Waals surface area contributed by atoms with Crippen LogP contribution in [-0.2, 0) is 6.42 Å². The van der Waals surface area contributed by atoms with Gasteiger partial charge in [-0.05, 0) is 62.3 Å². The lowest BCUT2D eigenvalue weighted by molar-refractivity contribution is 0.339. The highest BCUT2D eigenvalue weighted by Gasteiger charge is 2.12. The van der Waals surface area contributed by atoms with Crippen LogP contribution in [0.25, 0.3) is 0 Å². The summed E-state index contributed by atoms with van der Waals surface area (Å²) in [5, 5.41) is 0. The quantitative estimate of drug-likeness (QED) is 0.608. The van der Waals surface area contributed by atoms with Crippen LogP contribution in [0.15, 0.2) is 30.4 Å². The highest BCUT2D eigenvalue weighted by Crippen LogP contribution is 2.30. The molecule has 0 heterocycles. The van der Waals surface area contributed by atoms with Crippen LogP contribution in [0.3, 0.4) is 0 Å². The molecule has 100 valence electrons. The fourth-order valence-corrected chi connectivity index (χ4v) is 2.36. The SMILES string of the molecule is C/C=C\CC(CC)c1ccc(OCC)cc1CC. The van der Waals surface area contributed by atoms with Crippen molar-refractivity contribution in [2.45, 2.75) is 52.9 Å². The van der Waals surface area contributed by atoms with Gasteiger partial charge in [0.15, 0.2) is 0 Å². The first kappa shape index (κ1) is 14.8. The molecule has 1 aromatic carbocycles. The molecule has 1 nitrogen and oxygen atoms in total. The van der Waals surface area contributed by atoms with Crippen LogP contribution in [0.4, 0.5) is 0 Å². The molecule has 1 rings (SSSR count). The second-order valence-electron chi connectivity index (χ2n) is 4.56. The Labute approximate surface area is 112 Å². The van der Waals surface area contributed by atoms with E-state index in [-0.39, 0.29) is 0 Å². The van der Waals surface area contributed by atoms with Crippen molar-refractivity contribution in [1.29, 1.82) is 0 Å². The lowest BCUT2D eigenvalue weighted by atomic mass is 9.88. The van der Waals surface area contributed by atoms with Crippen molar-refractivity contribution in [2.24, 2.45) is 0 Å². The molecule has 0 spiro atoms. The van der Waals surface area contributed by atoms with Gasteiger partial charge in [-0.25, -0.2) is 0 Å². The lowest BCUT2D eigenvalue weighted by Gasteiger charge is -2.18. The average Bonchev–Trinajstić information content (AvgIpc) is 2.41. The normalized spacial score (nSPS) is 12.9. The first-order valence-corrected chi connectivity index (χ1v) is 7.13. The van der Waals surface area contributed by atoms with Gasteiger partial charge in [-0.3, -0.25) is 0 Å². The summed E-state index contributed by atoms with van der Waals surface area (Å²) >= 11 is 0. The molecule has 1 unspecified atom stereocenters. The molecule has 1 aromatic rings. The molecule has 0 aliphatic rings. The maximum atomic E-state index is 5.58. The van der Waals surface area contributed by atoms with E-state index in [0.29, 0.717) is 5.92 Å². The van der Waals surface area contributed by atoms with Crippen molar-refractivity contribution in [1.82, 2.24) is 0 Å². The highest BCUT2D eigenvalue weighted by atomic mass is 16.5. The molecule has 0 amide bonds. The summed E-state index contributed by atoms with van der Waals surface area (Å²) in [4.78, 5) is 0. The van der Waals surface area contributed by atoms with Gasteiger partial charge in [-0.1, -0.05) is 32.1 Å². The third-order valence-corrected chi connectivity index (χ3v) is 3.40. The van der Waals surface area contributed by atoms with Crippen LogP contribution in [0.5, 0.6) is 5.75 Å². The van der Waals surface area contributed by atoms with Gasteiger partial charge in [-0.2, -0.15) is 0 Å². The molecule has 0 aliphatic carbocycles. The zero-order valence-electron chi connectivity index (χ0n) is 12.2. The third kappa shape index (κ3) is 3.90. The number of hydrogen-bond donors (Lipinski definition) is 0. The average molecular weight is 246 g/mol. The Bertz CT molecular complexity index is 379. The highest BCUT2D eigenvalue weighted by molar-refractivity contribution is 5.38. The number of ether oxygens (including phenoxy) is 1. The number of rotatable bonds is 7. The van der Waals surface area contributed by atoms with E-state index in [2.05, 4.69) is 51.1 Å². The smallest absolute Gasteiger partial charge is 0.119 e. The number of hydrogen-bond acceptors (Lipinski definition) is 1. The fourth-order valence-electron chi connectivity index (χ4n) is 2.36. The second-order valence-corrected chi connectivity index (χ2v) is 4.56. The molecule has 1 heteroatoms. The minimum absolute atomic E-state index is 0.631. The van der Waals surface area contributed by atoms with E-state index < -0.39 is 0 Å². The van der Waals surface area contributed by atoms with Gasteiger partial charge < -0.3 is 4.74 Å². The summed E-state index contributed by atoms with van der Waals surface area (Å²) in [6, 6.07) is 6.56.